The number of esters is 2. The van der Waals surface area contributed by atoms with E-state index in [-0.39, 0.29) is 176 Å². The molecule has 4 aromatic carbocycles. The number of hydrogen-bond donors (Lipinski definition) is 2. The van der Waals surface area contributed by atoms with E-state index in [1.807, 2.05) is 38.1 Å². The number of nitrogens with one attached hydrogen (secondary N) is 2. The number of benzene rings is 4. The molecule has 20 nitrogen and oxygen atoms in total. The molecule has 2 N–H and O–H groups in total. The topological polar surface area (TPSA) is 241 Å². The SMILES string of the molecule is Cc1ccc(NC(=O)CCC(=O)OCCOCCOCCOCCN2C(=O)c3ccc4c5c(ccc(c35)C2=O)C(=O)N(CCOCCOCCOCCOC(=O)CCC(=O)Nc2ccc(C)cc2)C4=O)cc1. The summed E-state index contributed by atoms with van der Waals surface area (Å²) in [6.45, 7) is 6.11. The average molecular weight is 997 g/mol. The summed E-state index contributed by atoms with van der Waals surface area (Å²) in [4.78, 5) is 105. The number of rotatable bonds is 32. The van der Waals surface area contributed by atoms with Crippen LogP contribution >= 0.6 is 0 Å². The van der Waals surface area contributed by atoms with Crippen molar-refractivity contribution in [2.45, 2.75) is 39.5 Å². The minimum atomic E-state index is -0.568. The van der Waals surface area contributed by atoms with Gasteiger partial charge in [-0.2, -0.15) is 0 Å². The monoisotopic (exact) mass is 996 g/mol. The Bertz CT molecular complexity index is 2300. The number of nitrogens with zero attached hydrogens (tertiary/aromatic N) is 2. The number of hydrogen-bond acceptors (Lipinski definition) is 16. The van der Waals surface area contributed by atoms with Gasteiger partial charge in [0, 0.05) is 57.2 Å². The summed E-state index contributed by atoms with van der Waals surface area (Å²) < 4.78 is 43.3. The zero-order valence-electron chi connectivity index (χ0n) is 40.5. The van der Waals surface area contributed by atoms with Crippen LogP contribution in [0.4, 0.5) is 11.4 Å². The zero-order chi connectivity index (χ0) is 51.2. The van der Waals surface area contributed by atoms with Crippen molar-refractivity contribution < 1.29 is 76.3 Å². The van der Waals surface area contributed by atoms with Gasteiger partial charge in [0.25, 0.3) is 23.6 Å². The van der Waals surface area contributed by atoms with Crippen LogP contribution in [0.1, 0.15) is 78.2 Å². The quantitative estimate of drug-likeness (QED) is 0.0384. The first-order chi connectivity index (χ1) is 34.9. The van der Waals surface area contributed by atoms with Gasteiger partial charge in [0.1, 0.15) is 13.2 Å². The molecule has 384 valence electrons. The van der Waals surface area contributed by atoms with Crippen LogP contribution in [0, 0.1) is 13.8 Å². The molecule has 2 heterocycles. The molecule has 6 amide bonds. The standard InChI is InChI=1S/C52H60N4O16/c1-35-3-7-37(8-4-35)53-43(57)15-17-45(59)71-33-31-69-29-27-67-25-23-65-21-19-55-49(61)39-11-13-41-48-42(14-12-40(47(39)48)50(55)62)52(64)56(51(41)63)20-22-66-24-26-68-28-30-70-32-34-72-46(60)18-16-44(58)54-38-9-5-36(2)6-10-38/h3-14H,15-34H2,1-2H3,(H,53,57)(H,54,58). The van der Waals surface area contributed by atoms with Gasteiger partial charge in [0.05, 0.1) is 105 Å². The molecule has 72 heavy (non-hydrogen) atoms. The molecule has 0 saturated carbocycles. The lowest BCUT2D eigenvalue weighted by Gasteiger charge is -2.31. The first-order valence-corrected chi connectivity index (χ1v) is 23.7. The molecule has 20 heteroatoms. The van der Waals surface area contributed by atoms with Crippen molar-refractivity contribution in [2.75, 3.05) is 116 Å². The van der Waals surface area contributed by atoms with E-state index in [0.29, 0.717) is 11.4 Å². The van der Waals surface area contributed by atoms with E-state index in [1.54, 1.807) is 24.3 Å². The van der Waals surface area contributed by atoms with Crippen LogP contribution in [-0.4, -0.2) is 163 Å². The second-order valence-corrected chi connectivity index (χ2v) is 16.5. The van der Waals surface area contributed by atoms with Gasteiger partial charge in [-0.05, 0) is 62.4 Å². The van der Waals surface area contributed by atoms with Crippen molar-refractivity contribution in [3.8, 4) is 0 Å². The lowest BCUT2D eigenvalue weighted by Crippen LogP contribution is -2.45. The van der Waals surface area contributed by atoms with E-state index >= 15 is 0 Å². The van der Waals surface area contributed by atoms with Gasteiger partial charge in [0.2, 0.25) is 11.8 Å². The highest BCUT2D eigenvalue weighted by Crippen LogP contribution is 2.37. The number of carbonyl (C=O) groups is 8. The van der Waals surface area contributed by atoms with Gasteiger partial charge in [-0.3, -0.25) is 48.2 Å². The third kappa shape index (κ3) is 16.0. The molecule has 0 unspecified atom stereocenters. The molecule has 2 aliphatic heterocycles. The molecule has 0 aromatic heterocycles. The van der Waals surface area contributed by atoms with E-state index in [1.165, 1.54) is 24.3 Å². The van der Waals surface area contributed by atoms with E-state index in [2.05, 4.69) is 10.6 Å². The molecule has 2 aliphatic rings. The van der Waals surface area contributed by atoms with E-state index in [9.17, 15) is 38.4 Å². The Labute approximate surface area is 416 Å². The van der Waals surface area contributed by atoms with Crippen LogP contribution < -0.4 is 10.6 Å². The summed E-state index contributed by atoms with van der Waals surface area (Å²) in [6, 6.07) is 20.7. The second kappa shape index (κ2) is 28.2. The maximum Gasteiger partial charge on any atom is 0.306 e. The first-order valence-electron chi connectivity index (χ1n) is 23.7. The van der Waals surface area contributed by atoms with Crippen LogP contribution in [0.2, 0.25) is 0 Å². The molecule has 0 atom stereocenters. The molecule has 0 fully saturated rings. The maximum atomic E-state index is 13.6. The fourth-order valence-corrected chi connectivity index (χ4v) is 7.50. The molecule has 6 rings (SSSR count). The number of anilines is 2. The van der Waals surface area contributed by atoms with Gasteiger partial charge in [-0.15, -0.1) is 0 Å². The summed E-state index contributed by atoms with van der Waals surface area (Å²) in [5.41, 5.74) is 4.25. The molecule has 0 bridgehead atoms. The van der Waals surface area contributed by atoms with Crippen molar-refractivity contribution in [3.63, 3.8) is 0 Å². The molecular formula is C52H60N4O16. The predicted octanol–water partition coefficient (Wildman–Crippen LogP) is 4.67. The highest BCUT2D eigenvalue weighted by Gasteiger charge is 2.39. The summed E-state index contributed by atoms with van der Waals surface area (Å²) in [6.07, 6.45) is -0.104. The highest BCUT2D eigenvalue weighted by molar-refractivity contribution is 6.33. The minimum absolute atomic E-state index is 0.000585. The lowest BCUT2D eigenvalue weighted by molar-refractivity contribution is -0.146. The van der Waals surface area contributed by atoms with E-state index < -0.39 is 35.6 Å². The summed E-state index contributed by atoms with van der Waals surface area (Å²) >= 11 is 0. The normalized spacial score (nSPS) is 12.9. The Morgan fingerprint density at radius 3 is 0.958 bits per heavy atom. The van der Waals surface area contributed by atoms with Gasteiger partial charge < -0.3 is 48.5 Å². The molecule has 4 aromatic rings. The van der Waals surface area contributed by atoms with Crippen molar-refractivity contribution in [2.24, 2.45) is 0 Å². The Morgan fingerprint density at radius 2 is 0.653 bits per heavy atom. The van der Waals surface area contributed by atoms with Crippen LogP contribution in [0.15, 0.2) is 72.8 Å². The van der Waals surface area contributed by atoms with Crippen LogP contribution in [0.3, 0.4) is 0 Å². The fraction of sp³-hybridized carbons (Fsp3) is 0.423. The second-order valence-electron chi connectivity index (χ2n) is 16.5. The summed E-state index contributed by atoms with van der Waals surface area (Å²) in [7, 11) is 0. The smallest absolute Gasteiger partial charge is 0.306 e. The van der Waals surface area contributed by atoms with Gasteiger partial charge >= 0.3 is 11.9 Å². The number of aryl methyl sites for hydroxylation is 2. The summed E-state index contributed by atoms with van der Waals surface area (Å²) in [5.74, 6) is -3.84. The minimum Gasteiger partial charge on any atom is -0.463 e. The highest BCUT2D eigenvalue weighted by atomic mass is 16.6. The fourth-order valence-electron chi connectivity index (χ4n) is 7.50. The first kappa shape index (κ1) is 54.4. The van der Waals surface area contributed by atoms with Crippen molar-refractivity contribution in [1.29, 1.82) is 0 Å². The van der Waals surface area contributed by atoms with Crippen molar-refractivity contribution in [3.05, 3.63) is 106 Å². The Hall–Kier alpha value is -6.94. The molecular weight excluding hydrogens is 937 g/mol. The van der Waals surface area contributed by atoms with Crippen molar-refractivity contribution >= 4 is 69.5 Å². The average Bonchev–Trinajstić information content (AvgIpc) is 3.37. The van der Waals surface area contributed by atoms with Crippen molar-refractivity contribution in [1.82, 2.24) is 9.80 Å². The Balaban J connectivity index is 0.788. The Kier molecular flexibility index (Phi) is 21.3. The number of carbonyl (C=O) groups excluding carboxylic acids is 8. The predicted molar refractivity (Wildman–Crippen MR) is 260 cm³/mol. The third-order valence-electron chi connectivity index (χ3n) is 11.2. The summed E-state index contributed by atoms with van der Waals surface area (Å²) in [5, 5.41) is 5.99. The van der Waals surface area contributed by atoms with E-state index in [0.717, 1.165) is 20.9 Å². The third-order valence-corrected chi connectivity index (χ3v) is 11.2. The molecule has 0 radical (unpaired) electrons. The van der Waals surface area contributed by atoms with Gasteiger partial charge in [0.15, 0.2) is 0 Å². The molecule has 0 aliphatic carbocycles. The molecule has 0 saturated heterocycles. The van der Waals surface area contributed by atoms with Crippen LogP contribution in [0.5, 0.6) is 0 Å². The lowest BCUT2D eigenvalue weighted by atomic mass is 9.86. The van der Waals surface area contributed by atoms with Crippen LogP contribution in [0.25, 0.3) is 10.8 Å². The largest absolute Gasteiger partial charge is 0.463 e. The van der Waals surface area contributed by atoms with Gasteiger partial charge in [-0.25, -0.2) is 0 Å². The molecule has 0 spiro atoms. The van der Waals surface area contributed by atoms with Gasteiger partial charge in [-0.1, -0.05) is 35.4 Å². The van der Waals surface area contributed by atoms with E-state index in [4.69, 9.17) is 37.9 Å². The number of amides is 6. The number of imide groups is 2. The maximum absolute atomic E-state index is 13.6. The Morgan fingerprint density at radius 1 is 0.375 bits per heavy atom. The van der Waals surface area contributed by atoms with Crippen LogP contribution in [-0.2, 0) is 57.1 Å². The number of ether oxygens (including phenoxy) is 8. The zero-order valence-corrected chi connectivity index (χ0v) is 40.5.